The lowest BCUT2D eigenvalue weighted by Crippen LogP contribution is -2.35. The Morgan fingerprint density at radius 1 is 1.16 bits per heavy atom. The topological polar surface area (TPSA) is 71.4 Å². The summed E-state index contributed by atoms with van der Waals surface area (Å²) in [6, 6.07) is 10.6. The predicted octanol–water partition coefficient (Wildman–Crippen LogP) is 1.83. The number of aromatic nitrogens is 1. The Hall–Kier alpha value is -2.89. The van der Waals surface area contributed by atoms with Crippen LogP contribution in [0.15, 0.2) is 47.4 Å². The largest absolute Gasteiger partial charge is 0.348 e. The Labute approximate surface area is 146 Å². The quantitative estimate of drug-likeness (QED) is 0.924. The van der Waals surface area contributed by atoms with Crippen molar-refractivity contribution in [1.82, 2.24) is 9.88 Å². The van der Waals surface area contributed by atoms with E-state index in [4.69, 9.17) is 0 Å². The van der Waals surface area contributed by atoms with Crippen molar-refractivity contribution in [3.63, 3.8) is 0 Å². The lowest BCUT2D eigenvalue weighted by molar-refractivity contribution is -0.119. The van der Waals surface area contributed by atoms with Crippen molar-refractivity contribution in [3.05, 3.63) is 64.1 Å². The summed E-state index contributed by atoms with van der Waals surface area (Å²) < 4.78 is 1.41. The maximum absolute atomic E-state index is 12.2. The number of hydrogen-bond donors (Lipinski definition) is 1. The number of pyridine rings is 1. The van der Waals surface area contributed by atoms with Crippen LogP contribution in [0.1, 0.15) is 35.2 Å². The minimum Gasteiger partial charge on any atom is -0.348 e. The average molecular weight is 339 g/mol. The number of anilines is 1. The number of piperidine rings is 1. The van der Waals surface area contributed by atoms with Crippen molar-refractivity contribution in [2.45, 2.75) is 25.8 Å². The molecule has 6 heteroatoms. The van der Waals surface area contributed by atoms with Crippen LogP contribution in [-0.2, 0) is 18.4 Å². The summed E-state index contributed by atoms with van der Waals surface area (Å²) in [5.74, 6) is -0.148. The number of rotatable bonds is 4. The first-order valence-corrected chi connectivity index (χ1v) is 8.39. The molecule has 0 aliphatic carbocycles. The molecule has 130 valence electrons. The van der Waals surface area contributed by atoms with Gasteiger partial charge in [-0.3, -0.25) is 14.4 Å². The highest BCUT2D eigenvalue weighted by Gasteiger charge is 2.19. The van der Waals surface area contributed by atoms with E-state index < -0.39 is 0 Å². The molecule has 25 heavy (non-hydrogen) atoms. The van der Waals surface area contributed by atoms with Crippen molar-refractivity contribution >= 4 is 17.5 Å². The number of hydrogen-bond acceptors (Lipinski definition) is 3. The van der Waals surface area contributed by atoms with Crippen molar-refractivity contribution in [3.8, 4) is 0 Å². The summed E-state index contributed by atoms with van der Waals surface area (Å²) in [4.78, 5) is 37.7. The third-order valence-electron chi connectivity index (χ3n) is 4.37. The standard InChI is InChI=1S/C19H21N3O3/c1-21-10-8-15(12-18(21)24)19(25)20-13-14-5-4-6-16(11-14)22-9-3-2-7-17(22)23/h4-6,8,10-12H,2-3,7,9,13H2,1H3,(H,20,25). The SMILES string of the molecule is Cn1ccc(C(=O)NCc2cccc(N3CCCCC3=O)c2)cc1=O. The molecule has 0 bridgehead atoms. The van der Waals surface area contributed by atoms with Gasteiger partial charge in [0, 0.05) is 50.1 Å². The van der Waals surface area contributed by atoms with Crippen LogP contribution in [0.25, 0.3) is 0 Å². The summed E-state index contributed by atoms with van der Waals surface area (Å²) in [6.45, 7) is 1.08. The molecule has 1 saturated heterocycles. The third-order valence-corrected chi connectivity index (χ3v) is 4.37. The van der Waals surface area contributed by atoms with Crippen LogP contribution in [0.3, 0.4) is 0 Å². The third kappa shape index (κ3) is 3.96. The highest BCUT2D eigenvalue weighted by molar-refractivity contribution is 5.94. The molecule has 0 atom stereocenters. The zero-order valence-corrected chi connectivity index (χ0v) is 14.2. The molecule has 1 aromatic heterocycles. The van der Waals surface area contributed by atoms with Crippen LogP contribution < -0.4 is 15.8 Å². The van der Waals surface area contributed by atoms with Crippen LogP contribution in [0.2, 0.25) is 0 Å². The Bertz CT molecular complexity index is 857. The number of nitrogens with zero attached hydrogens (tertiary/aromatic N) is 2. The normalized spacial score (nSPS) is 14.4. The summed E-state index contributed by atoms with van der Waals surface area (Å²) >= 11 is 0. The molecule has 2 aromatic rings. The minimum absolute atomic E-state index is 0.146. The fourth-order valence-corrected chi connectivity index (χ4v) is 2.89. The van der Waals surface area contributed by atoms with E-state index >= 15 is 0 Å². The first-order chi connectivity index (χ1) is 12.0. The summed E-state index contributed by atoms with van der Waals surface area (Å²) in [5, 5.41) is 2.81. The lowest BCUT2D eigenvalue weighted by Gasteiger charge is -2.27. The zero-order valence-electron chi connectivity index (χ0n) is 14.2. The molecule has 1 fully saturated rings. The van der Waals surface area contributed by atoms with Crippen molar-refractivity contribution < 1.29 is 9.59 Å². The molecule has 1 aliphatic rings. The van der Waals surface area contributed by atoms with Gasteiger partial charge in [0.2, 0.25) is 5.91 Å². The van der Waals surface area contributed by atoms with E-state index in [-0.39, 0.29) is 17.4 Å². The van der Waals surface area contributed by atoms with E-state index in [1.54, 1.807) is 24.2 Å². The molecule has 2 heterocycles. The van der Waals surface area contributed by atoms with E-state index in [9.17, 15) is 14.4 Å². The second-order valence-corrected chi connectivity index (χ2v) is 6.22. The van der Waals surface area contributed by atoms with Gasteiger partial charge < -0.3 is 14.8 Å². The zero-order chi connectivity index (χ0) is 17.8. The van der Waals surface area contributed by atoms with Gasteiger partial charge in [-0.1, -0.05) is 12.1 Å². The minimum atomic E-state index is -0.294. The van der Waals surface area contributed by atoms with Crippen LogP contribution in [-0.4, -0.2) is 22.9 Å². The molecular formula is C19H21N3O3. The van der Waals surface area contributed by atoms with Gasteiger partial charge in [-0.05, 0) is 36.6 Å². The first-order valence-electron chi connectivity index (χ1n) is 8.39. The highest BCUT2D eigenvalue weighted by atomic mass is 16.2. The number of nitrogens with one attached hydrogen (secondary N) is 1. The van der Waals surface area contributed by atoms with Crippen LogP contribution >= 0.6 is 0 Å². The van der Waals surface area contributed by atoms with Gasteiger partial charge in [-0.2, -0.15) is 0 Å². The molecule has 2 amide bonds. The number of amides is 2. The molecule has 0 saturated carbocycles. The van der Waals surface area contributed by atoms with Gasteiger partial charge in [0.25, 0.3) is 11.5 Å². The first kappa shape index (κ1) is 17.0. The van der Waals surface area contributed by atoms with Crippen LogP contribution in [0.5, 0.6) is 0 Å². The smallest absolute Gasteiger partial charge is 0.251 e. The molecule has 0 radical (unpaired) electrons. The van der Waals surface area contributed by atoms with Gasteiger partial charge in [-0.25, -0.2) is 0 Å². The molecule has 1 aliphatic heterocycles. The molecule has 3 rings (SSSR count). The fourth-order valence-electron chi connectivity index (χ4n) is 2.89. The van der Waals surface area contributed by atoms with Crippen molar-refractivity contribution in [2.75, 3.05) is 11.4 Å². The monoisotopic (exact) mass is 339 g/mol. The number of aryl methyl sites for hydroxylation is 1. The Morgan fingerprint density at radius 3 is 2.76 bits per heavy atom. The molecule has 6 nitrogen and oxygen atoms in total. The molecule has 1 aromatic carbocycles. The fraction of sp³-hybridized carbons (Fsp3) is 0.316. The Morgan fingerprint density at radius 2 is 2.00 bits per heavy atom. The molecular weight excluding hydrogens is 318 g/mol. The van der Waals surface area contributed by atoms with Crippen molar-refractivity contribution in [1.29, 1.82) is 0 Å². The van der Waals surface area contributed by atoms with Gasteiger partial charge in [0.1, 0.15) is 0 Å². The Balaban J connectivity index is 1.68. The van der Waals surface area contributed by atoms with Gasteiger partial charge in [0.15, 0.2) is 0 Å². The van der Waals surface area contributed by atoms with Gasteiger partial charge in [-0.15, -0.1) is 0 Å². The van der Waals surface area contributed by atoms with Gasteiger partial charge in [0.05, 0.1) is 0 Å². The number of benzene rings is 1. The van der Waals surface area contributed by atoms with E-state index in [0.717, 1.165) is 30.6 Å². The number of carbonyl (C=O) groups is 2. The second kappa shape index (κ2) is 7.34. The highest BCUT2D eigenvalue weighted by Crippen LogP contribution is 2.21. The lowest BCUT2D eigenvalue weighted by atomic mass is 10.1. The average Bonchev–Trinajstić information content (AvgIpc) is 2.62. The van der Waals surface area contributed by atoms with E-state index in [1.165, 1.54) is 10.6 Å². The van der Waals surface area contributed by atoms with Crippen LogP contribution in [0, 0.1) is 0 Å². The molecule has 0 spiro atoms. The van der Waals surface area contributed by atoms with E-state index in [0.29, 0.717) is 18.5 Å². The van der Waals surface area contributed by atoms with E-state index in [2.05, 4.69) is 5.32 Å². The van der Waals surface area contributed by atoms with Crippen molar-refractivity contribution in [2.24, 2.45) is 7.05 Å². The second-order valence-electron chi connectivity index (χ2n) is 6.22. The Kier molecular flexibility index (Phi) is 4.97. The summed E-state index contributed by atoms with van der Waals surface area (Å²) in [5.41, 5.74) is 1.89. The molecule has 1 N–H and O–H groups in total. The maximum atomic E-state index is 12.2. The summed E-state index contributed by atoms with van der Waals surface area (Å²) in [6.07, 6.45) is 4.11. The van der Waals surface area contributed by atoms with Crippen LogP contribution in [0.4, 0.5) is 5.69 Å². The molecule has 0 unspecified atom stereocenters. The summed E-state index contributed by atoms with van der Waals surface area (Å²) in [7, 11) is 1.64. The predicted molar refractivity (Wildman–Crippen MR) is 95.5 cm³/mol. The van der Waals surface area contributed by atoms with E-state index in [1.807, 2.05) is 24.3 Å². The maximum Gasteiger partial charge on any atom is 0.251 e. The van der Waals surface area contributed by atoms with Gasteiger partial charge >= 0.3 is 0 Å². The number of carbonyl (C=O) groups excluding carboxylic acids is 2.